The van der Waals surface area contributed by atoms with Crippen molar-refractivity contribution in [2.24, 2.45) is 0 Å². The first-order valence-corrected chi connectivity index (χ1v) is 9.19. The Morgan fingerprint density at radius 1 is 1.29 bits per heavy atom. The Labute approximate surface area is 161 Å². The Hall–Kier alpha value is -3.22. The van der Waals surface area contributed by atoms with Gasteiger partial charge in [-0.05, 0) is 32.0 Å². The van der Waals surface area contributed by atoms with E-state index in [0.717, 1.165) is 23.3 Å². The van der Waals surface area contributed by atoms with E-state index in [2.05, 4.69) is 15.3 Å². The molecule has 1 amide bonds. The summed E-state index contributed by atoms with van der Waals surface area (Å²) in [6, 6.07) is 6.29. The van der Waals surface area contributed by atoms with Crippen LogP contribution in [0.3, 0.4) is 0 Å². The largest absolute Gasteiger partial charge is 0.494 e. The fourth-order valence-electron chi connectivity index (χ4n) is 3.39. The van der Waals surface area contributed by atoms with Crippen LogP contribution in [0, 0.1) is 5.82 Å². The Balaban J connectivity index is 1.60. The number of aromatic nitrogens is 2. The number of benzene rings is 2. The van der Waals surface area contributed by atoms with Crippen LogP contribution in [0.5, 0.6) is 11.5 Å². The van der Waals surface area contributed by atoms with E-state index >= 15 is 0 Å². The van der Waals surface area contributed by atoms with E-state index in [0.29, 0.717) is 23.4 Å². The maximum absolute atomic E-state index is 13.9. The smallest absolute Gasteiger partial charge is 0.253 e. The van der Waals surface area contributed by atoms with Crippen LogP contribution in [0.2, 0.25) is 0 Å². The molecule has 144 valence electrons. The highest BCUT2D eigenvalue weighted by Crippen LogP contribution is 2.35. The molecule has 28 heavy (non-hydrogen) atoms. The lowest BCUT2D eigenvalue weighted by Crippen LogP contribution is -2.24. The molecule has 1 aliphatic heterocycles. The number of carbonyl (C=O) groups is 1. The van der Waals surface area contributed by atoms with Crippen LogP contribution < -0.4 is 14.8 Å². The number of rotatable bonds is 5. The summed E-state index contributed by atoms with van der Waals surface area (Å²) in [5.74, 6) is 0.556. The molecule has 1 N–H and O–H groups in total. The molecule has 0 radical (unpaired) electrons. The molecule has 0 saturated carbocycles. The molecular formula is C21H20FN3O3. The molecule has 1 aromatic heterocycles. The van der Waals surface area contributed by atoms with Crippen LogP contribution in [0.15, 0.2) is 36.7 Å². The van der Waals surface area contributed by atoms with Crippen LogP contribution in [0.4, 0.5) is 4.39 Å². The van der Waals surface area contributed by atoms with Crippen molar-refractivity contribution in [3.8, 4) is 11.5 Å². The molecule has 2 heterocycles. The molecular weight excluding hydrogens is 361 g/mol. The van der Waals surface area contributed by atoms with Crippen LogP contribution in [0.25, 0.3) is 11.0 Å². The highest BCUT2D eigenvalue weighted by atomic mass is 19.1. The van der Waals surface area contributed by atoms with Crippen molar-refractivity contribution in [1.82, 2.24) is 15.3 Å². The van der Waals surface area contributed by atoms with E-state index in [-0.39, 0.29) is 18.2 Å². The summed E-state index contributed by atoms with van der Waals surface area (Å²) >= 11 is 0. The summed E-state index contributed by atoms with van der Waals surface area (Å²) in [6.07, 6.45) is 3.88. The molecule has 0 fully saturated rings. The van der Waals surface area contributed by atoms with Crippen LogP contribution >= 0.6 is 0 Å². The van der Waals surface area contributed by atoms with Crippen LogP contribution in [-0.4, -0.2) is 28.6 Å². The molecule has 4 rings (SSSR count). The van der Waals surface area contributed by atoms with Crippen molar-refractivity contribution in [2.45, 2.75) is 32.9 Å². The van der Waals surface area contributed by atoms with Crippen LogP contribution in [-0.2, 0) is 13.0 Å². The lowest BCUT2D eigenvalue weighted by atomic mass is 10.1. The number of amides is 1. The minimum absolute atomic E-state index is 0.117. The molecule has 0 saturated heterocycles. The highest BCUT2D eigenvalue weighted by molar-refractivity contribution is 6.04. The Kier molecular flexibility index (Phi) is 4.81. The number of halogens is 1. The van der Waals surface area contributed by atoms with Gasteiger partial charge in [-0.3, -0.25) is 14.8 Å². The highest BCUT2D eigenvalue weighted by Gasteiger charge is 2.22. The molecule has 0 spiro atoms. The lowest BCUT2D eigenvalue weighted by Gasteiger charge is -2.14. The second kappa shape index (κ2) is 7.42. The van der Waals surface area contributed by atoms with Crippen molar-refractivity contribution >= 4 is 16.9 Å². The first-order chi connectivity index (χ1) is 13.5. The zero-order valence-electron chi connectivity index (χ0n) is 15.7. The molecule has 1 unspecified atom stereocenters. The van der Waals surface area contributed by atoms with Crippen molar-refractivity contribution < 1.29 is 18.7 Å². The van der Waals surface area contributed by atoms with E-state index in [1.807, 2.05) is 26.0 Å². The van der Waals surface area contributed by atoms with Crippen LogP contribution in [0.1, 0.15) is 35.3 Å². The molecule has 3 aromatic rings. The van der Waals surface area contributed by atoms with Gasteiger partial charge >= 0.3 is 0 Å². The molecule has 0 bridgehead atoms. The number of nitrogens with one attached hydrogen (secondary N) is 1. The minimum Gasteiger partial charge on any atom is -0.494 e. The molecule has 1 atom stereocenters. The minimum atomic E-state index is -0.534. The predicted octanol–water partition coefficient (Wildman–Crippen LogP) is 3.42. The first kappa shape index (κ1) is 18.2. The van der Waals surface area contributed by atoms with Gasteiger partial charge in [0, 0.05) is 42.6 Å². The third-order valence-corrected chi connectivity index (χ3v) is 4.60. The number of nitrogens with zero attached hydrogens (tertiary/aromatic N) is 2. The van der Waals surface area contributed by atoms with E-state index < -0.39 is 11.7 Å². The zero-order chi connectivity index (χ0) is 19.7. The second-order valence-corrected chi connectivity index (χ2v) is 6.69. The average molecular weight is 381 g/mol. The topological polar surface area (TPSA) is 73.3 Å². The van der Waals surface area contributed by atoms with Crippen molar-refractivity contribution in [2.75, 3.05) is 6.61 Å². The monoisotopic (exact) mass is 381 g/mol. The first-order valence-electron chi connectivity index (χ1n) is 9.19. The van der Waals surface area contributed by atoms with Gasteiger partial charge in [0.25, 0.3) is 5.91 Å². The zero-order valence-corrected chi connectivity index (χ0v) is 15.7. The summed E-state index contributed by atoms with van der Waals surface area (Å²) in [6.45, 7) is 4.65. The summed E-state index contributed by atoms with van der Waals surface area (Å²) in [5, 5.41) is 2.83. The van der Waals surface area contributed by atoms with E-state index in [1.54, 1.807) is 0 Å². The average Bonchev–Trinajstić information content (AvgIpc) is 3.04. The van der Waals surface area contributed by atoms with Gasteiger partial charge in [-0.1, -0.05) is 0 Å². The maximum Gasteiger partial charge on any atom is 0.253 e. The van der Waals surface area contributed by atoms with E-state index in [4.69, 9.17) is 9.47 Å². The molecule has 1 aliphatic rings. The Bertz CT molecular complexity index is 1050. The SMILES string of the molecule is CCOc1cc2c(cc1CNC(=O)c1cc(F)cc3nccnc13)OC(C)C2. The predicted molar refractivity (Wildman–Crippen MR) is 102 cm³/mol. The van der Waals surface area contributed by atoms with Crippen molar-refractivity contribution in [3.05, 3.63) is 59.2 Å². The van der Waals surface area contributed by atoms with Gasteiger partial charge < -0.3 is 14.8 Å². The summed E-state index contributed by atoms with van der Waals surface area (Å²) in [7, 11) is 0. The van der Waals surface area contributed by atoms with Gasteiger partial charge in [0.15, 0.2) is 0 Å². The number of carbonyl (C=O) groups excluding carboxylic acids is 1. The quantitative estimate of drug-likeness (QED) is 0.733. The normalized spacial score (nSPS) is 15.2. The Morgan fingerprint density at radius 3 is 2.93 bits per heavy atom. The number of hydrogen-bond acceptors (Lipinski definition) is 5. The van der Waals surface area contributed by atoms with E-state index in [9.17, 15) is 9.18 Å². The van der Waals surface area contributed by atoms with Gasteiger partial charge in [0.05, 0.1) is 17.7 Å². The maximum atomic E-state index is 13.9. The molecule has 0 aliphatic carbocycles. The number of fused-ring (bicyclic) bond motifs is 2. The lowest BCUT2D eigenvalue weighted by molar-refractivity contribution is 0.0951. The van der Waals surface area contributed by atoms with E-state index in [1.165, 1.54) is 24.5 Å². The molecule has 7 heteroatoms. The number of ether oxygens (including phenoxy) is 2. The number of hydrogen-bond donors (Lipinski definition) is 1. The standard InChI is InChI=1S/C21H20FN3O3/c1-3-27-18-7-13-6-12(2)28-19(13)8-14(18)11-25-21(26)16-9-15(22)10-17-20(16)24-5-4-23-17/h4-5,7-10,12H,3,6,11H2,1-2H3,(H,25,26). The Morgan fingerprint density at radius 2 is 2.11 bits per heavy atom. The van der Waals surface area contributed by atoms with Gasteiger partial charge in [-0.2, -0.15) is 0 Å². The van der Waals surface area contributed by atoms with Gasteiger partial charge in [0.1, 0.15) is 28.9 Å². The second-order valence-electron chi connectivity index (χ2n) is 6.69. The molecule has 6 nitrogen and oxygen atoms in total. The fourth-order valence-corrected chi connectivity index (χ4v) is 3.39. The third-order valence-electron chi connectivity index (χ3n) is 4.60. The van der Waals surface area contributed by atoms with Crippen molar-refractivity contribution in [3.63, 3.8) is 0 Å². The molecule has 2 aromatic carbocycles. The van der Waals surface area contributed by atoms with Gasteiger partial charge in [-0.25, -0.2) is 4.39 Å². The van der Waals surface area contributed by atoms with Gasteiger partial charge in [0.2, 0.25) is 0 Å². The third kappa shape index (κ3) is 3.47. The summed E-state index contributed by atoms with van der Waals surface area (Å²) in [5.41, 5.74) is 2.74. The summed E-state index contributed by atoms with van der Waals surface area (Å²) in [4.78, 5) is 21.0. The summed E-state index contributed by atoms with van der Waals surface area (Å²) < 4.78 is 25.4. The fraction of sp³-hybridized carbons (Fsp3) is 0.286. The van der Waals surface area contributed by atoms with Gasteiger partial charge in [-0.15, -0.1) is 0 Å². The van der Waals surface area contributed by atoms with Crippen molar-refractivity contribution in [1.29, 1.82) is 0 Å².